The molecule has 0 radical (unpaired) electrons. The number of fused-ring (bicyclic) bond motifs is 1. The second-order valence-electron chi connectivity index (χ2n) is 5.82. The number of hydrogen-bond acceptors (Lipinski definition) is 1. The van der Waals surface area contributed by atoms with Crippen molar-refractivity contribution in [2.45, 2.75) is 39.7 Å². The second-order valence-corrected chi connectivity index (χ2v) is 6.23. The first-order chi connectivity index (χ1) is 9.63. The molecule has 0 amide bonds. The lowest BCUT2D eigenvalue weighted by atomic mass is 9.92. The lowest BCUT2D eigenvalue weighted by Gasteiger charge is -2.23. The van der Waals surface area contributed by atoms with Crippen molar-refractivity contribution >= 4 is 22.4 Å². The van der Waals surface area contributed by atoms with Crippen LogP contribution in [0.2, 0.25) is 5.02 Å². The molecule has 0 aliphatic rings. The Morgan fingerprint density at radius 1 is 1.05 bits per heavy atom. The summed E-state index contributed by atoms with van der Waals surface area (Å²) in [6.07, 6.45) is 2.30. The van der Waals surface area contributed by atoms with Crippen LogP contribution in [0.3, 0.4) is 0 Å². The molecule has 0 aliphatic carbocycles. The summed E-state index contributed by atoms with van der Waals surface area (Å²) >= 11 is 6.32. The van der Waals surface area contributed by atoms with Gasteiger partial charge < -0.3 is 5.32 Å². The van der Waals surface area contributed by atoms with E-state index in [9.17, 15) is 0 Å². The van der Waals surface area contributed by atoms with Crippen LogP contribution >= 0.6 is 11.6 Å². The third-order valence-electron chi connectivity index (χ3n) is 3.63. The van der Waals surface area contributed by atoms with E-state index in [4.69, 9.17) is 11.6 Å². The third-order valence-corrected chi connectivity index (χ3v) is 3.96. The average Bonchev–Trinajstić information content (AvgIpc) is 2.44. The van der Waals surface area contributed by atoms with Crippen molar-refractivity contribution in [3.63, 3.8) is 0 Å². The van der Waals surface area contributed by atoms with Gasteiger partial charge in [-0.3, -0.25) is 0 Å². The molecule has 1 unspecified atom stereocenters. The predicted molar refractivity (Wildman–Crippen MR) is 89.4 cm³/mol. The third kappa shape index (κ3) is 3.53. The molecule has 1 N–H and O–H groups in total. The minimum atomic E-state index is 0.400. The van der Waals surface area contributed by atoms with Gasteiger partial charge >= 0.3 is 0 Å². The highest BCUT2D eigenvalue weighted by Crippen LogP contribution is 2.32. The standard InChI is InChI=1S/C18H24ClN/c1-4-11-20-18(12-13(2)3)16-9-10-17(19)15-8-6-5-7-14(15)16/h5-10,13,18,20H,4,11-12H2,1-3H3. The summed E-state index contributed by atoms with van der Waals surface area (Å²) < 4.78 is 0. The Bertz CT molecular complexity index is 562. The maximum atomic E-state index is 6.32. The second kappa shape index (κ2) is 7.10. The van der Waals surface area contributed by atoms with E-state index in [0.29, 0.717) is 12.0 Å². The van der Waals surface area contributed by atoms with Crippen LogP contribution in [-0.4, -0.2) is 6.54 Å². The van der Waals surface area contributed by atoms with E-state index in [-0.39, 0.29) is 0 Å². The van der Waals surface area contributed by atoms with Gasteiger partial charge in [0.25, 0.3) is 0 Å². The van der Waals surface area contributed by atoms with Crippen molar-refractivity contribution in [2.75, 3.05) is 6.54 Å². The van der Waals surface area contributed by atoms with E-state index >= 15 is 0 Å². The Balaban J connectivity index is 2.44. The first-order valence-corrected chi connectivity index (χ1v) is 7.91. The zero-order valence-corrected chi connectivity index (χ0v) is 13.4. The number of hydrogen-bond donors (Lipinski definition) is 1. The fourth-order valence-electron chi connectivity index (χ4n) is 2.70. The van der Waals surface area contributed by atoms with Gasteiger partial charge in [-0.15, -0.1) is 0 Å². The molecule has 1 atom stereocenters. The molecule has 0 fully saturated rings. The van der Waals surface area contributed by atoms with Crippen LogP contribution < -0.4 is 5.32 Å². The Hall–Kier alpha value is -1.05. The minimum Gasteiger partial charge on any atom is -0.310 e. The van der Waals surface area contributed by atoms with Gasteiger partial charge in [0.2, 0.25) is 0 Å². The summed E-state index contributed by atoms with van der Waals surface area (Å²) in [5.41, 5.74) is 1.37. The lowest BCUT2D eigenvalue weighted by Crippen LogP contribution is -2.23. The van der Waals surface area contributed by atoms with Crippen molar-refractivity contribution in [3.05, 3.63) is 47.0 Å². The maximum Gasteiger partial charge on any atom is 0.0484 e. The van der Waals surface area contributed by atoms with E-state index in [0.717, 1.165) is 29.8 Å². The molecule has 0 bridgehead atoms. The summed E-state index contributed by atoms with van der Waals surface area (Å²) in [5, 5.41) is 6.95. The Morgan fingerprint density at radius 3 is 2.40 bits per heavy atom. The van der Waals surface area contributed by atoms with Crippen LogP contribution in [-0.2, 0) is 0 Å². The van der Waals surface area contributed by atoms with Crippen LogP contribution in [0.25, 0.3) is 10.8 Å². The first kappa shape index (κ1) is 15.3. The molecule has 1 nitrogen and oxygen atoms in total. The smallest absolute Gasteiger partial charge is 0.0484 e. The lowest BCUT2D eigenvalue weighted by molar-refractivity contribution is 0.432. The molecule has 0 aromatic heterocycles. The SMILES string of the molecule is CCCNC(CC(C)C)c1ccc(Cl)c2ccccc12. The minimum absolute atomic E-state index is 0.400. The quantitative estimate of drug-likeness (QED) is 0.732. The Morgan fingerprint density at radius 2 is 1.75 bits per heavy atom. The normalized spacial score (nSPS) is 13.1. The summed E-state index contributed by atoms with van der Waals surface area (Å²) in [7, 11) is 0. The van der Waals surface area contributed by atoms with Crippen LogP contribution in [0, 0.1) is 5.92 Å². The molecule has 2 heteroatoms. The predicted octanol–water partition coefficient (Wildman–Crippen LogP) is 5.58. The first-order valence-electron chi connectivity index (χ1n) is 7.54. The van der Waals surface area contributed by atoms with E-state index in [1.165, 1.54) is 10.9 Å². The van der Waals surface area contributed by atoms with Crippen molar-refractivity contribution < 1.29 is 0 Å². The Labute approximate surface area is 127 Å². The fraction of sp³-hybridized carbons (Fsp3) is 0.444. The molecule has 0 aliphatic heterocycles. The largest absolute Gasteiger partial charge is 0.310 e. The number of rotatable bonds is 6. The van der Waals surface area contributed by atoms with Gasteiger partial charge in [-0.2, -0.15) is 0 Å². The number of nitrogens with one attached hydrogen (secondary N) is 1. The summed E-state index contributed by atoms with van der Waals surface area (Å²) in [5.74, 6) is 0.666. The van der Waals surface area contributed by atoms with Gasteiger partial charge in [-0.05, 0) is 42.3 Å². The highest BCUT2D eigenvalue weighted by Gasteiger charge is 2.16. The molecule has 0 saturated carbocycles. The Kier molecular flexibility index (Phi) is 5.45. The maximum absolute atomic E-state index is 6.32. The number of benzene rings is 2. The van der Waals surface area contributed by atoms with Gasteiger partial charge in [0, 0.05) is 16.5 Å². The fourth-order valence-corrected chi connectivity index (χ4v) is 2.93. The van der Waals surface area contributed by atoms with Crippen LogP contribution in [0.4, 0.5) is 0 Å². The van der Waals surface area contributed by atoms with Crippen LogP contribution in [0.5, 0.6) is 0 Å². The van der Waals surface area contributed by atoms with Gasteiger partial charge in [0.1, 0.15) is 0 Å². The molecule has 2 rings (SSSR count). The molecule has 0 saturated heterocycles. The molecule has 2 aromatic carbocycles. The van der Waals surface area contributed by atoms with E-state index in [1.54, 1.807) is 0 Å². The topological polar surface area (TPSA) is 12.0 Å². The molecular formula is C18H24ClN. The molecule has 2 aromatic rings. The molecule has 20 heavy (non-hydrogen) atoms. The number of halogens is 1. The average molecular weight is 290 g/mol. The van der Waals surface area contributed by atoms with E-state index < -0.39 is 0 Å². The van der Waals surface area contributed by atoms with Crippen molar-refractivity contribution in [3.8, 4) is 0 Å². The van der Waals surface area contributed by atoms with Crippen molar-refractivity contribution in [2.24, 2.45) is 5.92 Å². The van der Waals surface area contributed by atoms with Crippen LogP contribution in [0.15, 0.2) is 36.4 Å². The van der Waals surface area contributed by atoms with Gasteiger partial charge in [0.15, 0.2) is 0 Å². The summed E-state index contributed by atoms with van der Waals surface area (Å²) in [6.45, 7) is 7.81. The molecule has 108 valence electrons. The summed E-state index contributed by atoms with van der Waals surface area (Å²) in [6, 6.07) is 13.0. The van der Waals surface area contributed by atoms with Gasteiger partial charge in [-0.25, -0.2) is 0 Å². The molecule has 0 spiro atoms. The highest BCUT2D eigenvalue weighted by molar-refractivity contribution is 6.35. The van der Waals surface area contributed by atoms with Crippen LogP contribution in [0.1, 0.15) is 45.2 Å². The van der Waals surface area contributed by atoms with Gasteiger partial charge in [-0.1, -0.05) is 62.7 Å². The summed E-state index contributed by atoms with van der Waals surface area (Å²) in [4.78, 5) is 0. The van der Waals surface area contributed by atoms with Crippen molar-refractivity contribution in [1.29, 1.82) is 0 Å². The zero-order valence-electron chi connectivity index (χ0n) is 12.6. The van der Waals surface area contributed by atoms with Gasteiger partial charge in [0.05, 0.1) is 0 Å². The highest BCUT2D eigenvalue weighted by atomic mass is 35.5. The van der Waals surface area contributed by atoms with E-state index in [1.807, 2.05) is 6.07 Å². The van der Waals surface area contributed by atoms with E-state index in [2.05, 4.69) is 56.4 Å². The monoisotopic (exact) mass is 289 g/mol. The molecular weight excluding hydrogens is 266 g/mol. The molecule has 0 heterocycles. The zero-order chi connectivity index (χ0) is 14.5. The van der Waals surface area contributed by atoms with Crippen molar-refractivity contribution in [1.82, 2.24) is 5.32 Å².